The number of halogens is 2. The number of fused-ring (bicyclic) bond motifs is 5. The Labute approximate surface area is 369 Å². The van der Waals surface area contributed by atoms with Gasteiger partial charge in [0, 0.05) is 5.41 Å². The van der Waals surface area contributed by atoms with Gasteiger partial charge in [-0.25, -0.2) is 12.2 Å². The van der Waals surface area contributed by atoms with Crippen molar-refractivity contribution in [3.63, 3.8) is 0 Å². The number of hydrogen-bond donors (Lipinski definition) is 0. The van der Waals surface area contributed by atoms with E-state index in [1.54, 1.807) is 0 Å². The Morgan fingerprint density at radius 3 is 1.46 bits per heavy atom. The van der Waals surface area contributed by atoms with Gasteiger partial charge < -0.3 is 0 Å². The molecule has 0 N–H and O–H groups in total. The zero-order chi connectivity index (χ0) is 40.1. The quantitative estimate of drug-likeness (QED) is 0.136. The van der Waals surface area contributed by atoms with Crippen LogP contribution in [0.25, 0.3) is 23.3 Å². The van der Waals surface area contributed by atoms with Crippen LogP contribution in [0.4, 0.5) is 0 Å². The Bertz CT molecular complexity index is 1890. The van der Waals surface area contributed by atoms with E-state index in [1.165, 1.54) is 85.4 Å². The minimum absolute atomic E-state index is 0. The number of allylic oxidation sites excluding steroid dienone is 6. The Morgan fingerprint density at radius 2 is 1.07 bits per heavy atom. The summed E-state index contributed by atoms with van der Waals surface area (Å²) in [5, 5.41) is 0. The summed E-state index contributed by atoms with van der Waals surface area (Å²) in [6, 6.07) is 31.9. The van der Waals surface area contributed by atoms with E-state index >= 15 is 0 Å². The molecule has 0 heterocycles. The average Bonchev–Trinajstić information content (AvgIpc) is 3.91. The summed E-state index contributed by atoms with van der Waals surface area (Å²) in [6.45, 7) is 29.1. The topological polar surface area (TPSA) is 0 Å². The van der Waals surface area contributed by atoms with Crippen molar-refractivity contribution in [1.82, 2.24) is 0 Å². The molecule has 4 aromatic rings. The monoisotopic (exact) mass is 860 g/mol. The summed E-state index contributed by atoms with van der Waals surface area (Å²) in [5.74, 6) is 0. The molecule has 0 saturated carbocycles. The molecule has 4 aliphatic carbocycles. The third-order valence-corrected chi connectivity index (χ3v) is 10.6. The molecule has 0 nitrogen and oxygen atoms in total. The van der Waals surface area contributed by atoms with Crippen LogP contribution in [0.3, 0.4) is 0 Å². The summed E-state index contributed by atoms with van der Waals surface area (Å²) >= 11 is 1.30. The summed E-state index contributed by atoms with van der Waals surface area (Å²) in [7, 11) is 0. The van der Waals surface area contributed by atoms with Gasteiger partial charge in [-0.2, -0.15) is 89.0 Å². The van der Waals surface area contributed by atoms with Crippen molar-refractivity contribution in [2.45, 2.75) is 125 Å². The van der Waals surface area contributed by atoms with E-state index in [-0.39, 0.29) is 46.5 Å². The van der Waals surface area contributed by atoms with Crippen LogP contribution in [0.15, 0.2) is 96.6 Å². The van der Waals surface area contributed by atoms with Crippen molar-refractivity contribution in [2.75, 3.05) is 0 Å². The van der Waals surface area contributed by atoms with Gasteiger partial charge in [-0.1, -0.05) is 125 Å². The predicted octanol–water partition coefficient (Wildman–Crippen LogP) is 14.8. The SMILES string of the molecule is CC(C)(C)C1=CC[C-]=C1.CC(C)(C)c1cc[c-]cc1.CC(C)(C)c1cc[c-]cc1.CC1(C)[C-]=Cc2cc3c(cc21)Cc1cc2c(cc1-3)C=CC2(C)C.Cl.Cl.[CH2]=[Zr]. The van der Waals surface area contributed by atoms with Crippen LogP contribution in [-0.4, -0.2) is 4.21 Å². The van der Waals surface area contributed by atoms with Gasteiger partial charge in [0.1, 0.15) is 0 Å². The normalized spacial score (nSPS) is 15.5. The molecule has 4 aliphatic rings. The van der Waals surface area contributed by atoms with Crippen molar-refractivity contribution in [1.29, 1.82) is 0 Å². The molecule has 0 aromatic heterocycles. The van der Waals surface area contributed by atoms with Crippen molar-refractivity contribution in [3.8, 4) is 11.1 Å². The fraction of sp³-hybridized carbons (Fsp3) is 0.377. The molecular weight excluding hydrogens is 799 g/mol. The average molecular weight is 863 g/mol. The molecule has 0 aliphatic heterocycles. The molecule has 298 valence electrons. The minimum atomic E-state index is 0. The van der Waals surface area contributed by atoms with Gasteiger partial charge >= 0.3 is 28.4 Å². The molecule has 0 amide bonds. The van der Waals surface area contributed by atoms with Crippen LogP contribution in [-0.2, 0) is 52.3 Å². The Balaban J connectivity index is 0.000000278. The molecule has 0 bridgehead atoms. The van der Waals surface area contributed by atoms with Crippen LogP contribution in [0, 0.1) is 29.7 Å². The van der Waals surface area contributed by atoms with Gasteiger partial charge in [0.05, 0.1) is 0 Å². The number of benzene rings is 4. The van der Waals surface area contributed by atoms with Gasteiger partial charge in [0.15, 0.2) is 0 Å². The number of hydrogen-bond acceptors (Lipinski definition) is 0. The van der Waals surface area contributed by atoms with Gasteiger partial charge in [-0.3, -0.25) is 12.2 Å². The summed E-state index contributed by atoms with van der Waals surface area (Å²) < 4.78 is 3.34. The molecule has 56 heavy (non-hydrogen) atoms. The molecule has 0 atom stereocenters. The first-order chi connectivity index (χ1) is 25.2. The van der Waals surface area contributed by atoms with Crippen molar-refractivity contribution < 1.29 is 24.2 Å². The number of rotatable bonds is 0. The van der Waals surface area contributed by atoms with Crippen molar-refractivity contribution in [3.05, 3.63) is 165 Å². The molecule has 4 aromatic carbocycles. The van der Waals surface area contributed by atoms with E-state index in [1.807, 2.05) is 24.3 Å². The summed E-state index contributed by atoms with van der Waals surface area (Å²) in [6.07, 6.45) is 19.9. The maximum atomic E-state index is 3.50. The van der Waals surface area contributed by atoms with Crippen molar-refractivity contribution >= 4 is 41.2 Å². The third-order valence-electron chi connectivity index (χ3n) is 10.6. The Hall–Kier alpha value is -2.83. The molecule has 8 rings (SSSR count). The molecule has 0 fully saturated rings. The van der Waals surface area contributed by atoms with E-state index in [4.69, 9.17) is 0 Å². The fourth-order valence-corrected chi connectivity index (χ4v) is 7.10. The third kappa shape index (κ3) is 12.3. The summed E-state index contributed by atoms with van der Waals surface area (Å²) in [5.41, 5.74) is 16.7. The van der Waals surface area contributed by atoms with Crippen LogP contribution in [0.1, 0.15) is 141 Å². The zero-order valence-corrected chi connectivity index (χ0v) is 40.3. The second kappa shape index (κ2) is 19.7. The standard InChI is InChI=1S/C23H21.2C10H13.C9H13.CH2.2ClH.Zr/c1-22(2)7-5-14-10-18-16(12-20(14)22)9-17-13-21-15(11-19(17)18)6-8-23(21,3)4;2*1-10(2,3)9-7-5-4-6-8-9;1-9(2,3)8-6-4-5-7-8;;;;/h5-7,10-13H,9H2,1-4H3;2*5-8H,1-3H3;6-7H,4H2,1-3H3;1H2;2*1H;/q4*-1;;;;. The van der Waals surface area contributed by atoms with Crippen LogP contribution in [0.2, 0.25) is 0 Å². The van der Waals surface area contributed by atoms with Crippen LogP contribution in [0.5, 0.6) is 0 Å². The van der Waals surface area contributed by atoms with E-state index in [0.29, 0.717) is 5.41 Å². The van der Waals surface area contributed by atoms with E-state index in [0.717, 1.165) is 12.8 Å². The molecular formula is C53H64Cl2Zr-4. The molecule has 3 heteroatoms. The van der Waals surface area contributed by atoms with Crippen molar-refractivity contribution in [2.24, 2.45) is 5.41 Å². The first-order valence-corrected chi connectivity index (χ1v) is 21.1. The summed E-state index contributed by atoms with van der Waals surface area (Å²) in [4.78, 5) is 0. The Kier molecular flexibility index (Phi) is 17.4. The van der Waals surface area contributed by atoms with E-state index in [9.17, 15) is 0 Å². The molecule has 0 radical (unpaired) electrons. The van der Waals surface area contributed by atoms with E-state index < -0.39 is 0 Å². The molecule has 0 spiro atoms. The zero-order valence-electron chi connectivity index (χ0n) is 36.3. The van der Waals surface area contributed by atoms with Gasteiger partial charge in [-0.15, -0.1) is 42.9 Å². The van der Waals surface area contributed by atoms with E-state index in [2.05, 4.69) is 197 Å². The Morgan fingerprint density at radius 1 is 0.607 bits per heavy atom. The first-order valence-electron chi connectivity index (χ1n) is 19.4. The molecule has 0 saturated heterocycles. The molecule has 0 unspecified atom stereocenters. The van der Waals surface area contributed by atoms with Crippen LogP contribution >= 0.6 is 24.8 Å². The van der Waals surface area contributed by atoms with Gasteiger partial charge in [0.2, 0.25) is 0 Å². The predicted molar refractivity (Wildman–Crippen MR) is 247 cm³/mol. The second-order valence-electron chi connectivity index (χ2n) is 18.9. The van der Waals surface area contributed by atoms with Crippen LogP contribution < -0.4 is 0 Å². The maximum absolute atomic E-state index is 3.50. The van der Waals surface area contributed by atoms with Gasteiger partial charge in [-0.05, 0) is 56.7 Å². The fourth-order valence-electron chi connectivity index (χ4n) is 7.10. The van der Waals surface area contributed by atoms with Gasteiger partial charge in [0.25, 0.3) is 0 Å². The first kappa shape index (κ1) is 49.3. The second-order valence-corrected chi connectivity index (χ2v) is 18.9.